The molecule has 1 heterocycles. The fraction of sp³-hybridized carbons (Fsp3) is 0.143. The zero-order valence-corrected chi connectivity index (χ0v) is 11.5. The fourth-order valence-corrected chi connectivity index (χ4v) is 1.99. The summed E-state index contributed by atoms with van der Waals surface area (Å²) in [6, 6.07) is 6.69. The number of hydrogen-bond donors (Lipinski definition) is 1. The quantitative estimate of drug-likeness (QED) is 0.876. The molecule has 0 aliphatic carbocycles. The van der Waals surface area contributed by atoms with E-state index in [4.69, 9.17) is 16.9 Å². The van der Waals surface area contributed by atoms with Crippen LogP contribution in [0.15, 0.2) is 30.5 Å². The van der Waals surface area contributed by atoms with Crippen LogP contribution in [0.3, 0.4) is 0 Å². The van der Waals surface area contributed by atoms with Crippen molar-refractivity contribution >= 4 is 23.1 Å². The number of pyridine rings is 1. The molecule has 1 aromatic heterocycles. The average molecular weight is 312 g/mol. The molecule has 0 unspecified atom stereocenters. The first kappa shape index (κ1) is 15.1. The Morgan fingerprint density at radius 1 is 1.29 bits per heavy atom. The Hall–Kier alpha value is -2.26. The second-order valence-electron chi connectivity index (χ2n) is 4.31. The van der Waals surface area contributed by atoms with Crippen molar-refractivity contribution in [2.75, 3.05) is 5.32 Å². The van der Waals surface area contributed by atoms with Crippen molar-refractivity contribution in [1.82, 2.24) is 4.98 Å². The zero-order valence-electron chi connectivity index (χ0n) is 10.8. The first-order valence-electron chi connectivity index (χ1n) is 5.82. The Labute approximate surface area is 124 Å². The van der Waals surface area contributed by atoms with E-state index in [1.807, 2.05) is 6.07 Å². The summed E-state index contributed by atoms with van der Waals surface area (Å²) < 4.78 is 38.2. The van der Waals surface area contributed by atoms with Gasteiger partial charge < -0.3 is 5.32 Å². The third-order valence-corrected chi connectivity index (χ3v) is 2.98. The van der Waals surface area contributed by atoms with E-state index in [-0.39, 0.29) is 22.1 Å². The van der Waals surface area contributed by atoms with Gasteiger partial charge in [-0.05, 0) is 36.8 Å². The molecular formula is C14H9ClF3N3. The molecule has 0 fully saturated rings. The molecule has 0 atom stereocenters. The van der Waals surface area contributed by atoms with E-state index >= 15 is 0 Å². The topological polar surface area (TPSA) is 48.7 Å². The van der Waals surface area contributed by atoms with E-state index < -0.39 is 11.7 Å². The van der Waals surface area contributed by atoms with Crippen molar-refractivity contribution in [2.24, 2.45) is 0 Å². The fourth-order valence-electron chi connectivity index (χ4n) is 1.76. The van der Waals surface area contributed by atoms with Crippen LogP contribution in [0.5, 0.6) is 0 Å². The molecule has 108 valence electrons. The third kappa shape index (κ3) is 3.44. The number of benzene rings is 1. The molecule has 0 aliphatic rings. The number of hydrogen-bond acceptors (Lipinski definition) is 3. The maximum atomic E-state index is 12.7. The van der Waals surface area contributed by atoms with E-state index in [2.05, 4.69) is 10.3 Å². The number of anilines is 2. The van der Waals surface area contributed by atoms with E-state index in [1.54, 1.807) is 13.0 Å². The number of alkyl halides is 3. The summed E-state index contributed by atoms with van der Waals surface area (Å²) >= 11 is 5.70. The first-order valence-corrected chi connectivity index (χ1v) is 6.19. The lowest BCUT2D eigenvalue weighted by Crippen LogP contribution is -2.06. The Bertz CT molecular complexity index is 720. The van der Waals surface area contributed by atoms with Crippen LogP contribution in [0.1, 0.15) is 16.7 Å². The lowest BCUT2D eigenvalue weighted by Gasteiger charge is -2.12. The molecule has 0 spiro atoms. The molecule has 0 saturated carbocycles. The lowest BCUT2D eigenvalue weighted by atomic mass is 10.1. The van der Waals surface area contributed by atoms with Crippen LogP contribution in [0, 0.1) is 18.3 Å². The van der Waals surface area contributed by atoms with Gasteiger partial charge >= 0.3 is 6.18 Å². The molecular weight excluding hydrogens is 303 g/mol. The van der Waals surface area contributed by atoms with Crippen LogP contribution in [0.25, 0.3) is 0 Å². The third-order valence-electron chi connectivity index (χ3n) is 2.76. The van der Waals surface area contributed by atoms with E-state index in [9.17, 15) is 13.2 Å². The summed E-state index contributed by atoms with van der Waals surface area (Å²) in [5, 5.41) is 11.7. The highest BCUT2D eigenvalue weighted by Gasteiger charge is 2.31. The predicted octanol–water partition coefficient (Wildman–Crippen LogP) is 4.68. The number of nitriles is 1. The number of nitrogens with one attached hydrogen (secondary N) is 1. The maximum absolute atomic E-state index is 12.7. The Morgan fingerprint density at radius 2 is 2.00 bits per heavy atom. The standard InChI is InChI=1S/C14H9ClF3N3/c1-8-2-3-20-13(12(8)7-19)21-11-5-9(14(16,17)18)4-10(15)6-11/h2-6H,1H3,(H,20,21). The van der Waals surface area contributed by atoms with Crippen LogP contribution in [-0.4, -0.2) is 4.98 Å². The largest absolute Gasteiger partial charge is 0.416 e. The van der Waals surface area contributed by atoms with Gasteiger partial charge in [-0.25, -0.2) is 4.98 Å². The minimum absolute atomic E-state index is 0.0570. The normalized spacial score (nSPS) is 11.0. The van der Waals surface area contributed by atoms with E-state index in [0.717, 1.165) is 12.1 Å². The van der Waals surface area contributed by atoms with Gasteiger partial charge in [0.2, 0.25) is 0 Å². The lowest BCUT2D eigenvalue weighted by molar-refractivity contribution is -0.137. The molecule has 7 heteroatoms. The van der Waals surface area contributed by atoms with Crippen molar-refractivity contribution in [2.45, 2.75) is 13.1 Å². The molecule has 21 heavy (non-hydrogen) atoms. The van der Waals surface area contributed by atoms with Crippen molar-refractivity contribution in [3.63, 3.8) is 0 Å². The van der Waals surface area contributed by atoms with Crippen molar-refractivity contribution in [3.05, 3.63) is 52.2 Å². The summed E-state index contributed by atoms with van der Waals surface area (Å²) in [6.07, 6.45) is -3.03. The SMILES string of the molecule is Cc1ccnc(Nc2cc(Cl)cc(C(F)(F)F)c2)c1C#N. The van der Waals surface area contributed by atoms with Crippen molar-refractivity contribution in [1.29, 1.82) is 5.26 Å². The summed E-state index contributed by atoms with van der Waals surface area (Å²) in [7, 11) is 0. The molecule has 1 aromatic carbocycles. The summed E-state index contributed by atoms with van der Waals surface area (Å²) in [4.78, 5) is 3.97. The number of aryl methyl sites for hydroxylation is 1. The van der Waals surface area contributed by atoms with Gasteiger partial charge in [-0.15, -0.1) is 0 Å². The van der Waals surface area contributed by atoms with Crippen molar-refractivity contribution in [3.8, 4) is 6.07 Å². The second kappa shape index (κ2) is 5.62. The van der Waals surface area contributed by atoms with Crippen LogP contribution < -0.4 is 5.32 Å². The molecule has 1 N–H and O–H groups in total. The van der Waals surface area contributed by atoms with Gasteiger partial charge in [0.1, 0.15) is 11.9 Å². The van der Waals surface area contributed by atoms with Crippen LogP contribution in [0.2, 0.25) is 5.02 Å². The van der Waals surface area contributed by atoms with E-state index in [1.165, 1.54) is 12.3 Å². The monoisotopic (exact) mass is 311 g/mol. The van der Waals surface area contributed by atoms with Gasteiger partial charge in [-0.1, -0.05) is 11.6 Å². The van der Waals surface area contributed by atoms with Crippen molar-refractivity contribution < 1.29 is 13.2 Å². The molecule has 0 bridgehead atoms. The smallest absolute Gasteiger partial charge is 0.339 e. The van der Waals surface area contributed by atoms with Gasteiger partial charge in [-0.2, -0.15) is 18.4 Å². The highest BCUT2D eigenvalue weighted by atomic mass is 35.5. The number of halogens is 4. The first-order chi connectivity index (χ1) is 9.81. The molecule has 2 aromatic rings. The minimum Gasteiger partial charge on any atom is -0.339 e. The minimum atomic E-state index is -4.50. The highest BCUT2D eigenvalue weighted by molar-refractivity contribution is 6.31. The maximum Gasteiger partial charge on any atom is 0.416 e. The number of aromatic nitrogens is 1. The summed E-state index contributed by atoms with van der Waals surface area (Å²) in [5.74, 6) is 0.188. The predicted molar refractivity (Wildman–Crippen MR) is 73.4 cm³/mol. The number of rotatable bonds is 2. The Kier molecular flexibility index (Phi) is 4.05. The molecule has 0 saturated heterocycles. The van der Waals surface area contributed by atoms with Crippen LogP contribution in [-0.2, 0) is 6.18 Å². The van der Waals surface area contributed by atoms with Gasteiger partial charge in [0.15, 0.2) is 0 Å². The molecule has 3 nitrogen and oxygen atoms in total. The van der Waals surface area contributed by atoms with Gasteiger partial charge in [0, 0.05) is 16.9 Å². The molecule has 2 rings (SSSR count). The molecule has 0 aliphatic heterocycles. The summed E-state index contributed by atoms with van der Waals surface area (Å²) in [5.41, 5.74) is 0.187. The molecule has 0 amide bonds. The average Bonchev–Trinajstić information content (AvgIpc) is 2.37. The highest BCUT2D eigenvalue weighted by Crippen LogP contribution is 2.34. The molecule has 0 radical (unpaired) electrons. The van der Waals surface area contributed by atoms with E-state index in [0.29, 0.717) is 5.56 Å². The Morgan fingerprint density at radius 3 is 2.62 bits per heavy atom. The number of nitrogens with zero attached hydrogens (tertiary/aromatic N) is 2. The van der Waals surface area contributed by atoms with Gasteiger partial charge in [-0.3, -0.25) is 0 Å². The van der Waals surface area contributed by atoms with Crippen LogP contribution in [0.4, 0.5) is 24.7 Å². The van der Waals surface area contributed by atoms with Gasteiger partial charge in [0.25, 0.3) is 0 Å². The Balaban J connectivity index is 2.44. The van der Waals surface area contributed by atoms with Gasteiger partial charge in [0.05, 0.1) is 11.1 Å². The second-order valence-corrected chi connectivity index (χ2v) is 4.75. The zero-order chi connectivity index (χ0) is 15.6. The van der Waals surface area contributed by atoms with Crippen LogP contribution >= 0.6 is 11.6 Å². The summed E-state index contributed by atoms with van der Waals surface area (Å²) in [6.45, 7) is 1.71.